The van der Waals surface area contributed by atoms with Crippen molar-refractivity contribution in [2.45, 2.75) is 32.4 Å². The topological polar surface area (TPSA) is 79.2 Å². The van der Waals surface area contributed by atoms with Crippen molar-refractivity contribution in [3.05, 3.63) is 48.3 Å². The third-order valence-electron chi connectivity index (χ3n) is 3.35. The zero-order valence-electron chi connectivity index (χ0n) is 12.9. The summed E-state index contributed by atoms with van der Waals surface area (Å²) in [5, 5.41) is 19.1. The van der Waals surface area contributed by atoms with Gasteiger partial charge in [0.25, 0.3) is 0 Å². The number of carbonyl (C=O) groups excluding carboxylic acids is 1. The van der Waals surface area contributed by atoms with Gasteiger partial charge in [0.05, 0.1) is 17.8 Å². The molecule has 1 aromatic heterocycles. The number of carbonyl (C=O) groups is 1. The fraction of sp³-hybridized carbons (Fsp3) is 0.375. The number of hydrogen-bond acceptors (Lipinski definition) is 3. The van der Waals surface area contributed by atoms with Crippen molar-refractivity contribution in [2.24, 2.45) is 0 Å². The van der Waals surface area contributed by atoms with E-state index in [1.165, 1.54) is 0 Å². The fourth-order valence-electron chi connectivity index (χ4n) is 2.19. The largest absolute Gasteiger partial charge is 0.393 e. The average Bonchev–Trinajstić information content (AvgIpc) is 3.00. The zero-order valence-corrected chi connectivity index (χ0v) is 12.9. The van der Waals surface area contributed by atoms with Crippen LogP contribution in [0.2, 0.25) is 0 Å². The minimum absolute atomic E-state index is 0.160. The molecule has 0 spiro atoms. The predicted molar refractivity (Wildman–Crippen MR) is 84.8 cm³/mol. The molecule has 0 saturated carbocycles. The highest BCUT2D eigenvalue weighted by Crippen LogP contribution is 2.20. The van der Waals surface area contributed by atoms with E-state index in [0.29, 0.717) is 13.0 Å². The summed E-state index contributed by atoms with van der Waals surface area (Å²) in [5.41, 5.74) is 1.92. The van der Waals surface area contributed by atoms with Crippen LogP contribution in [0.1, 0.15) is 31.9 Å². The minimum atomic E-state index is -0.418. The molecular weight excluding hydrogens is 280 g/mol. The van der Waals surface area contributed by atoms with Gasteiger partial charge >= 0.3 is 6.03 Å². The van der Waals surface area contributed by atoms with Crippen molar-refractivity contribution in [3.8, 4) is 5.69 Å². The molecule has 2 amide bonds. The molecule has 6 nitrogen and oxygen atoms in total. The molecule has 1 aromatic carbocycles. The molecule has 0 fully saturated rings. The van der Waals surface area contributed by atoms with Gasteiger partial charge in [-0.05, 0) is 38.0 Å². The monoisotopic (exact) mass is 302 g/mol. The van der Waals surface area contributed by atoms with Crippen LogP contribution in [0.3, 0.4) is 0 Å². The van der Waals surface area contributed by atoms with Crippen LogP contribution in [0.15, 0.2) is 42.7 Å². The second-order valence-corrected chi connectivity index (χ2v) is 5.27. The quantitative estimate of drug-likeness (QED) is 0.763. The summed E-state index contributed by atoms with van der Waals surface area (Å²) >= 11 is 0. The first-order chi connectivity index (χ1) is 10.6. The molecule has 0 bridgehead atoms. The Labute approximate surface area is 130 Å². The van der Waals surface area contributed by atoms with E-state index in [4.69, 9.17) is 0 Å². The molecule has 2 atom stereocenters. The molecule has 0 aliphatic carbocycles. The van der Waals surface area contributed by atoms with E-state index in [0.717, 1.165) is 11.3 Å². The van der Waals surface area contributed by atoms with Gasteiger partial charge in [-0.1, -0.05) is 18.2 Å². The lowest BCUT2D eigenvalue weighted by atomic mass is 10.1. The van der Waals surface area contributed by atoms with Crippen molar-refractivity contribution in [1.82, 2.24) is 20.4 Å². The Morgan fingerprint density at radius 3 is 2.77 bits per heavy atom. The third kappa shape index (κ3) is 4.33. The Morgan fingerprint density at radius 2 is 2.09 bits per heavy atom. The Hall–Kier alpha value is -2.34. The second kappa shape index (κ2) is 7.61. The van der Waals surface area contributed by atoms with Gasteiger partial charge < -0.3 is 15.7 Å². The SMILES string of the molecule is CC(O)CCNC(=O)NC(C)c1ccccc1-n1cccn1. The first-order valence-electron chi connectivity index (χ1n) is 7.39. The summed E-state index contributed by atoms with van der Waals surface area (Å²) in [5.74, 6) is 0. The normalized spacial score (nSPS) is 13.4. The number of aliphatic hydroxyl groups is 1. The van der Waals surface area contributed by atoms with Crippen molar-refractivity contribution < 1.29 is 9.90 Å². The van der Waals surface area contributed by atoms with Crippen LogP contribution in [0.4, 0.5) is 4.79 Å². The number of hydrogen-bond donors (Lipinski definition) is 3. The molecule has 118 valence electrons. The van der Waals surface area contributed by atoms with Crippen molar-refractivity contribution >= 4 is 6.03 Å². The Bertz CT molecular complexity index is 596. The summed E-state index contributed by atoms with van der Waals surface area (Å²) in [4.78, 5) is 11.9. The van der Waals surface area contributed by atoms with E-state index in [2.05, 4.69) is 15.7 Å². The molecule has 2 aromatic rings. The van der Waals surface area contributed by atoms with Gasteiger partial charge in [-0.15, -0.1) is 0 Å². The predicted octanol–water partition coefficient (Wildman–Crippen LogP) is 2.00. The van der Waals surface area contributed by atoms with Crippen LogP contribution < -0.4 is 10.6 Å². The number of amides is 2. The maximum Gasteiger partial charge on any atom is 0.315 e. The maximum atomic E-state index is 11.9. The van der Waals surface area contributed by atoms with Gasteiger partial charge in [0.1, 0.15) is 0 Å². The fourth-order valence-corrected chi connectivity index (χ4v) is 2.19. The Balaban J connectivity index is 2.01. The highest BCUT2D eigenvalue weighted by Gasteiger charge is 2.14. The highest BCUT2D eigenvalue weighted by molar-refractivity contribution is 5.74. The Kier molecular flexibility index (Phi) is 5.55. The first-order valence-corrected chi connectivity index (χ1v) is 7.39. The Morgan fingerprint density at radius 1 is 1.32 bits per heavy atom. The van der Waals surface area contributed by atoms with Crippen LogP contribution in [0.25, 0.3) is 5.69 Å². The lowest BCUT2D eigenvalue weighted by Crippen LogP contribution is -2.38. The van der Waals surface area contributed by atoms with Gasteiger partial charge in [0.15, 0.2) is 0 Å². The van der Waals surface area contributed by atoms with Crippen molar-refractivity contribution in [1.29, 1.82) is 0 Å². The average molecular weight is 302 g/mol. The van der Waals surface area contributed by atoms with E-state index in [1.54, 1.807) is 17.8 Å². The number of nitrogens with zero attached hydrogens (tertiary/aromatic N) is 2. The number of aliphatic hydroxyl groups excluding tert-OH is 1. The zero-order chi connectivity index (χ0) is 15.9. The van der Waals surface area contributed by atoms with Gasteiger partial charge in [-0.3, -0.25) is 0 Å². The molecule has 2 unspecified atom stereocenters. The van der Waals surface area contributed by atoms with Crippen LogP contribution >= 0.6 is 0 Å². The third-order valence-corrected chi connectivity index (χ3v) is 3.35. The molecule has 1 heterocycles. The molecule has 6 heteroatoms. The van der Waals surface area contributed by atoms with E-state index in [9.17, 15) is 9.90 Å². The molecule has 0 aliphatic rings. The van der Waals surface area contributed by atoms with Crippen LogP contribution in [0.5, 0.6) is 0 Å². The standard InChI is InChI=1S/C16H22N4O2/c1-12(21)8-10-17-16(22)19-13(2)14-6-3-4-7-15(14)20-11-5-9-18-20/h3-7,9,11-13,21H,8,10H2,1-2H3,(H2,17,19,22). The van der Waals surface area contributed by atoms with Gasteiger partial charge in [0, 0.05) is 18.9 Å². The summed E-state index contributed by atoms with van der Waals surface area (Å²) < 4.78 is 1.78. The molecule has 0 aliphatic heterocycles. The molecular formula is C16H22N4O2. The summed E-state index contributed by atoms with van der Waals surface area (Å²) in [6.07, 6.45) is 3.70. The van der Waals surface area contributed by atoms with Crippen LogP contribution in [-0.2, 0) is 0 Å². The van der Waals surface area contributed by atoms with Gasteiger partial charge in [-0.2, -0.15) is 5.10 Å². The van der Waals surface area contributed by atoms with E-state index in [1.807, 2.05) is 43.5 Å². The number of aromatic nitrogens is 2. The minimum Gasteiger partial charge on any atom is -0.393 e. The van der Waals surface area contributed by atoms with Gasteiger partial charge in [0.2, 0.25) is 0 Å². The molecule has 2 rings (SSSR count). The van der Waals surface area contributed by atoms with Crippen molar-refractivity contribution in [2.75, 3.05) is 6.54 Å². The lowest BCUT2D eigenvalue weighted by molar-refractivity contribution is 0.183. The molecule has 0 radical (unpaired) electrons. The first kappa shape index (κ1) is 16.0. The van der Waals surface area contributed by atoms with Crippen LogP contribution in [0, 0.1) is 0 Å². The van der Waals surface area contributed by atoms with E-state index < -0.39 is 6.10 Å². The van der Waals surface area contributed by atoms with Gasteiger partial charge in [-0.25, -0.2) is 9.48 Å². The second-order valence-electron chi connectivity index (χ2n) is 5.27. The molecule has 3 N–H and O–H groups in total. The lowest BCUT2D eigenvalue weighted by Gasteiger charge is -2.18. The molecule has 22 heavy (non-hydrogen) atoms. The van der Waals surface area contributed by atoms with E-state index in [-0.39, 0.29) is 12.1 Å². The van der Waals surface area contributed by atoms with Crippen LogP contribution in [-0.4, -0.2) is 33.6 Å². The smallest absolute Gasteiger partial charge is 0.315 e. The molecule has 0 saturated heterocycles. The summed E-state index contributed by atoms with van der Waals surface area (Å²) in [6, 6.07) is 9.26. The number of urea groups is 1. The number of rotatable bonds is 6. The number of benzene rings is 1. The maximum absolute atomic E-state index is 11.9. The number of para-hydroxylation sites is 1. The highest BCUT2D eigenvalue weighted by atomic mass is 16.3. The van der Waals surface area contributed by atoms with E-state index >= 15 is 0 Å². The number of nitrogens with one attached hydrogen (secondary N) is 2. The summed E-state index contributed by atoms with van der Waals surface area (Å²) in [6.45, 7) is 4.07. The van der Waals surface area contributed by atoms with Crippen molar-refractivity contribution in [3.63, 3.8) is 0 Å². The summed E-state index contributed by atoms with van der Waals surface area (Å²) in [7, 11) is 0.